The number of carbonyl (C=O) groups excluding carboxylic acids is 2. The van der Waals surface area contributed by atoms with E-state index in [1.165, 1.54) is 0 Å². The number of anilines is 2. The van der Waals surface area contributed by atoms with Gasteiger partial charge in [-0.3, -0.25) is 4.79 Å². The Morgan fingerprint density at radius 2 is 1.72 bits per heavy atom. The first kappa shape index (κ1) is 20.5. The molecule has 29 heavy (non-hydrogen) atoms. The summed E-state index contributed by atoms with van der Waals surface area (Å²) in [6, 6.07) is 15.8. The Morgan fingerprint density at radius 1 is 1.00 bits per heavy atom. The first-order chi connectivity index (χ1) is 14.0. The largest absolute Gasteiger partial charge is 0.376 e. The van der Waals surface area contributed by atoms with E-state index in [9.17, 15) is 9.59 Å². The lowest BCUT2D eigenvalue weighted by Crippen LogP contribution is -2.40. The molecule has 0 atom stereocenters. The van der Waals surface area contributed by atoms with Crippen LogP contribution in [0.2, 0.25) is 5.02 Å². The number of amides is 3. The number of halogens is 1. The lowest BCUT2D eigenvalue weighted by Gasteiger charge is -2.23. The quantitative estimate of drug-likeness (QED) is 0.807. The van der Waals surface area contributed by atoms with Crippen molar-refractivity contribution in [2.45, 2.75) is 6.42 Å². The van der Waals surface area contributed by atoms with E-state index in [0.29, 0.717) is 48.9 Å². The van der Waals surface area contributed by atoms with Crippen molar-refractivity contribution in [3.05, 3.63) is 59.1 Å². The molecule has 3 amide bonds. The summed E-state index contributed by atoms with van der Waals surface area (Å²) in [7, 11) is 0. The van der Waals surface area contributed by atoms with Crippen LogP contribution in [0.5, 0.6) is 0 Å². The molecule has 7 nitrogen and oxygen atoms in total. The van der Waals surface area contributed by atoms with Crippen LogP contribution < -0.4 is 10.6 Å². The molecule has 1 fully saturated rings. The highest BCUT2D eigenvalue weighted by Crippen LogP contribution is 2.16. The third kappa shape index (κ3) is 5.87. The topological polar surface area (TPSA) is 88.5 Å². The van der Waals surface area contributed by atoms with Crippen molar-refractivity contribution in [1.82, 2.24) is 9.80 Å². The van der Waals surface area contributed by atoms with Crippen LogP contribution in [0.1, 0.15) is 12.0 Å². The molecule has 0 aromatic heterocycles. The van der Waals surface area contributed by atoms with Gasteiger partial charge in [0.1, 0.15) is 0 Å². The molecule has 8 heteroatoms. The molecule has 0 bridgehead atoms. The van der Waals surface area contributed by atoms with E-state index in [-0.39, 0.29) is 18.5 Å². The van der Waals surface area contributed by atoms with Crippen LogP contribution in [0.15, 0.2) is 48.5 Å². The number of benzene rings is 2. The van der Waals surface area contributed by atoms with Crippen LogP contribution in [0.25, 0.3) is 0 Å². The Bertz CT molecular complexity index is 910. The maximum Gasteiger partial charge on any atom is 0.321 e. The minimum Gasteiger partial charge on any atom is -0.376 e. The predicted molar refractivity (Wildman–Crippen MR) is 113 cm³/mol. The van der Waals surface area contributed by atoms with E-state index < -0.39 is 0 Å². The molecule has 1 heterocycles. The summed E-state index contributed by atoms with van der Waals surface area (Å²) in [5.41, 5.74) is 2.01. The number of hydrogen-bond acceptors (Lipinski definition) is 4. The number of nitriles is 1. The molecular formula is C21H22ClN5O2. The first-order valence-corrected chi connectivity index (χ1v) is 9.76. The Kier molecular flexibility index (Phi) is 6.93. The van der Waals surface area contributed by atoms with Crippen molar-refractivity contribution >= 4 is 34.9 Å². The fourth-order valence-electron chi connectivity index (χ4n) is 3.09. The van der Waals surface area contributed by atoms with Gasteiger partial charge in [0.2, 0.25) is 5.91 Å². The summed E-state index contributed by atoms with van der Waals surface area (Å²) < 4.78 is 0. The molecule has 1 aliphatic rings. The van der Waals surface area contributed by atoms with Gasteiger partial charge >= 0.3 is 6.03 Å². The van der Waals surface area contributed by atoms with E-state index in [2.05, 4.69) is 16.7 Å². The monoisotopic (exact) mass is 411 g/mol. The van der Waals surface area contributed by atoms with Gasteiger partial charge in [-0.25, -0.2) is 4.79 Å². The van der Waals surface area contributed by atoms with E-state index in [1.54, 1.807) is 58.3 Å². The second kappa shape index (κ2) is 9.80. The average molecular weight is 412 g/mol. The van der Waals surface area contributed by atoms with E-state index in [0.717, 1.165) is 5.69 Å². The van der Waals surface area contributed by atoms with Gasteiger partial charge in [-0.1, -0.05) is 17.7 Å². The predicted octanol–water partition coefficient (Wildman–Crippen LogP) is 3.39. The molecular weight excluding hydrogens is 390 g/mol. The number of rotatable bonds is 4. The zero-order valence-corrected chi connectivity index (χ0v) is 16.7. The SMILES string of the molecule is N#Cc1ccc(NCC(=O)N2CCCN(C(=O)Nc3cccc(Cl)c3)CC2)cc1. The Hall–Kier alpha value is -3.24. The molecule has 0 aliphatic carbocycles. The Morgan fingerprint density at radius 3 is 2.45 bits per heavy atom. The second-order valence-corrected chi connectivity index (χ2v) is 7.14. The fourth-order valence-corrected chi connectivity index (χ4v) is 3.28. The average Bonchev–Trinajstić information content (AvgIpc) is 2.99. The molecule has 1 aliphatic heterocycles. The van der Waals surface area contributed by atoms with Crippen LogP contribution in [0.4, 0.5) is 16.2 Å². The van der Waals surface area contributed by atoms with Gasteiger partial charge in [-0.2, -0.15) is 5.26 Å². The van der Waals surface area contributed by atoms with Gasteiger partial charge in [0, 0.05) is 42.6 Å². The van der Waals surface area contributed by atoms with Crippen molar-refractivity contribution < 1.29 is 9.59 Å². The maximum atomic E-state index is 12.5. The molecule has 0 radical (unpaired) electrons. The van der Waals surface area contributed by atoms with Crippen LogP contribution >= 0.6 is 11.6 Å². The molecule has 0 spiro atoms. The Labute approximate surface area is 174 Å². The third-order valence-corrected chi connectivity index (χ3v) is 4.90. The molecule has 3 rings (SSSR count). The lowest BCUT2D eigenvalue weighted by atomic mass is 10.2. The van der Waals surface area contributed by atoms with Gasteiger partial charge in [-0.05, 0) is 48.9 Å². The van der Waals surface area contributed by atoms with Crippen molar-refractivity contribution in [3.8, 4) is 6.07 Å². The van der Waals surface area contributed by atoms with Crippen LogP contribution in [-0.2, 0) is 4.79 Å². The normalized spacial score (nSPS) is 13.9. The molecule has 2 N–H and O–H groups in total. The molecule has 2 aromatic carbocycles. The van der Waals surface area contributed by atoms with Gasteiger partial charge < -0.3 is 20.4 Å². The number of nitrogens with one attached hydrogen (secondary N) is 2. The summed E-state index contributed by atoms with van der Waals surface area (Å²) in [4.78, 5) is 28.5. The summed E-state index contributed by atoms with van der Waals surface area (Å²) in [6.45, 7) is 2.31. The molecule has 150 valence electrons. The highest BCUT2D eigenvalue weighted by molar-refractivity contribution is 6.30. The summed E-state index contributed by atoms with van der Waals surface area (Å²) in [5, 5.41) is 15.3. The van der Waals surface area contributed by atoms with Gasteiger partial charge in [-0.15, -0.1) is 0 Å². The van der Waals surface area contributed by atoms with Gasteiger partial charge in [0.05, 0.1) is 18.2 Å². The zero-order valence-electron chi connectivity index (χ0n) is 15.9. The minimum atomic E-state index is -0.197. The van der Waals surface area contributed by atoms with Crippen molar-refractivity contribution in [3.63, 3.8) is 0 Å². The lowest BCUT2D eigenvalue weighted by molar-refractivity contribution is -0.129. The number of carbonyl (C=O) groups is 2. The first-order valence-electron chi connectivity index (χ1n) is 9.38. The highest BCUT2D eigenvalue weighted by Gasteiger charge is 2.22. The van der Waals surface area contributed by atoms with Crippen LogP contribution in [0.3, 0.4) is 0 Å². The molecule has 0 saturated carbocycles. The van der Waals surface area contributed by atoms with Gasteiger partial charge in [0.15, 0.2) is 0 Å². The van der Waals surface area contributed by atoms with E-state index >= 15 is 0 Å². The summed E-state index contributed by atoms with van der Waals surface area (Å²) >= 11 is 5.95. The van der Waals surface area contributed by atoms with Crippen LogP contribution in [0, 0.1) is 11.3 Å². The van der Waals surface area contributed by atoms with Crippen molar-refractivity contribution in [2.75, 3.05) is 43.4 Å². The maximum absolute atomic E-state index is 12.5. The second-order valence-electron chi connectivity index (χ2n) is 6.70. The molecule has 1 saturated heterocycles. The fraction of sp³-hybridized carbons (Fsp3) is 0.286. The number of hydrogen-bond donors (Lipinski definition) is 2. The molecule has 2 aromatic rings. The highest BCUT2D eigenvalue weighted by atomic mass is 35.5. The van der Waals surface area contributed by atoms with Crippen LogP contribution in [-0.4, -0.2) is 54.5 Å². The van der Waals surface area contributed by atoms with E-state index in [1.807, 2.05) is 0 Å². The Balaban J connectivity index is 1.48. The molecule has 0 unspecified atom stereocenters. The zero-order chi connectivity index (χ0) is 20.6. The smallest absolute Gasteiger partial charge is 0.321 e. The van der Waals surface area contributed by atoms with Crippen molar-refractivity contribution in [1.29, 1.82) is 5.26 Å². The number of urea groups is 1. The summed E-state index contributed by atoms with van der Waals surface area (Å²) in [5.74, 6) is -0.0218. The minimum absolute atomic E-state index is 0.0218. The van der Waals surface area contributed by atoms with Gasteiger partial charge in [0.25, 0.3) is 0 Å². The van der Waals surface area contributed by atoms with E-state index in [4.69, 9.17) is 16.9 Å². The third-order valence-electron chi connectivity index (χ3n) is 4.67. The summed E-state index contributed by atoms with van der Waals surface area (Å²) in [6.07, 6.45) is 0.714. The standard InChI is InChI=1S/C21H22ClN5O2/c22-17-3-1-4-19(13-17)25-21(29)27-10-2-9-26(11-12-27)20(28)15-24-18-7-5-16(14-23)6-8-18/h1,3-8,13,24H,2,9-12,15H2,(H,25,29). The number of nitrogens with zero attached hydrogens (tertiary/aromatic N) is 3. The van der Waals surface area contributed by atoms with Crippen molar-refractivity contribution in [2.24, 2.45) is 0 Å².